The smallest absolute Gasteiger partial charge is 0.399 e. The Morgan fingerprint density at radius 1 is 0.537 bits per heavy atom. The molecule has 1 saturated heterocycles. The predicted molar refractivity (Wildman–Crippen MR) is 315 cm³/mol. The zero-order valence-corrected chi connectivity index (χ0v) is 50.7. The second kappa shape index (κ2) is 32.0. The van der Waals surface area contributed by atoms with Gasteiger partial charge in [-0.3, -0.25) is 29.5 Å². The highest BCUT2D eigenvalue weighted by Gasteiger charge is 2.51. The van der Waals surface area contributed by atoms with Crippen LogP contribution in [0.15, 0.2) is 142 Å². The molecule has 5 heterocycles. The summed E-state index contributed by atoms with van der Waals surface area (Å²) in [7, 11) is -0.444. The number of halogens is 11. The molecule has 1 aliphatic rings. The first-order chi connectivity index (χ1) is 38.9. The Labute approximate surface area is 514 Å². The summed E-state index contributed by atoms with van der Waals surface area (Å²) in [6.45, 7) is 7.56. The molecule has 0 radical (unpaired) electrons. The highest BCUT2D eigenvalue weighted by molar-refractivity contribution is 9.11. The molecule has 1 aliphatic heterocycles. The van der Waals surface area contributed by atoms with Crippen LogP contribution in [0.1, 0.15) is 76.2 Å². The normalized spacial score (nSPS) is 12.1. The molecule has 0 amide bonds. The van der Waals surface area contributed by atoms with Crippen molar-refractivity contribution in [1.29, 1.82) is 21.0 Å². The first-order valence-electron chi connectivity index (χ1n) is 23.0. The molecule has 25 heteroatoms. The standard InChI is InChI=1S/C13H15BClNO2.C13H8ClFN2O.C13H6ClFN2O.C7H3BrClN.C6H3BrFNO.C5H3BrFN/c1-12(2)13(3,4)18-14(17-12)10-6-5-9(8-16)11(15)7-10;2*14-12-3-8(1-2-9(12)4-16)10-5-17-6-13(15)11(10)7-18;8-6-2-1-5(4-10)7(9)3-6;7-5-1-9-2-6(8)4(5)3-10;6-4-1-5(7)3-8-2-4/h5-7H,1-4H3;1-3,5-6,18H,7H2;1-3,5-7H;2*1-3H;1-3H. The lowest BCUT2D eigenvalue weighted by molar-refractivity contribution is 0.00578. The first-order valence-corrected chi connectivity index (χ1v) is 26.9. The van der Waals surface area contributed by atoms with Crippen LogP contribution in [0.4, 0.5) is 17.6 Å². The van der Waals surface area contributed by atoms with Gasteiger partial charge in [-0.25, -0.2) is 17.6 Å². The van der Waals surface area contributed by atoms with E-state index >= 15 is 0 Å². The third kappa shape index (κ3) is 18.8. The second-order valence-corrected chi connectivity index (χ2v) is 21.6. The monoisotopic (exact) mass is 1380 g/mol. The van der Waals surface area contributed by atoms with Crippen LogP contribution in [0, 0.1) is 68.6 Å². The van der Waals surface area contributed by atoms with E-state index in [-0.39, 0.29) is 43.8 Å². The minimum atomic E-state index is -0.692. The number of rotatable bonds is 6. The average Bonchev–Trinajstić information content (AvgIpc) is 3.28. The first kappa shape index (κ1) is 67.5. The molecule has 4 aromatic carbocycles. The van der Waals surface area contributed by atoms with E-state index in [2.05, 4.69) is 67.7 Å². The van der Waals surface area contributed by atoms with Gasteiger partial charge in [0.2, 0.25) is 0 Å². The number of benzene rings is 4. The summed E-state index contributed by atoms with van der Waals surface area (Å²) in [5, 5.41) is 45.5. The van der Waals surface area contributed by atoms with Crippen LogP contribution in [0.2, 0.25) is 20.1 Å². The fraction of sp³-hybridized carbons (Fsp3) is 0.123. The van der Waals surface area contributed by atoms with Crippen molar-refractivity contribution in [3.8, 4) is 46.5 Å². The third-order valence-electron chi connectivity index (χ3n) is 11.4. The number of carbonyl (C=O) groups is 2. The number of carbonyl (C=O) groups excluding carboxylic acids is 2. The molecule has 0 aliphatic carbocycles. The van der Waals surface area contributed by atoms with Crippen LogP contribution in [-0.2, 0) is 15.9 Å². The zero-order valence-electron chi connectivity index (χ0n) is 42.9. The molecule has 416 valence electrons. The molecular formula is C57H38BBr3Cl4F4N8O5. The van der Waals surface area contributed by atoms with Gasteiger partial charge in [0.1, 0.15) is 35.9 Å². The average molecular weight is 1380 g/mol. The van der Waals surface area contributed by atoms with Crippen LogP contribution in [-0.4, -0.2) is 55.9 Å². The summed E-state index contributed by atoms with van der Waals surface area (Å²) in [5.74, 6) is -2.19. The second-order valence-electron chi connectivity index (χ2n) is 17.3. The lowest BCUT2D eigenvalue weighted by Crippen LogP contribution is -2.41. The number of nitriles is 4. The highest BCUT2D eigenvalue weighted by Crippen LogP contribution is 2.37. The van der Waals surface area contributed by atoms with E-state index < -0.39 is 31.2 Å². The molecule has 0 atom stereocenters. The molecular weight excluding hydrogens is 1350 g/mol. The molecule has 0 unspecified atom stereocenters. The largest absolute Gasteiger partial charge is 0.494 e. The number of pyridine rings is 4. The number of hydrogen-bond donors (Lipinski definition) is 1. The van der Waals surface area contributed by atoms with E-state index in [1.165, 1.54) is 43.0 Å². The maximum Gasteiger partial charge on any atom is 0.494 e. The number of aldehydes is 2. The van der Waals surface area contributed by atoms with Crippen molar-refractivity contribution in [3.05, 3.63) is 224 Å². The molecule has 13 nitrogen and oxygen atoms in total. The van der Waals surface area contributed by atoms with Gasteiger partial charge in [0, 0.05) is 54.9 Å². The van der Waals surface area contributed by atoms with Crippen LogP contribution < -0.4 is 5.46 Å². The fourth-order valence-corrected chi connectivity index (χ4v) is 8.59. The molecule has 82 heavy (non-hydrogen) atoms. The maximum absolute atomic E-state index is 13.5. The van der Waals surface area contributed by atoms with E-state index in [9.17, 15) is 32.3 Å². The SMILES string of the molecule is CC1(C)OB(c2ccc(C#N)c(Cl)c2)OC1(C)C.Fc1cncc(Br)c1.N#Cc1ccc(-c2cncc(F)c2C=O)cc1Cl.N#Cc1ccc(-c2cncc(F)c2CO)cc1Cl.N#Cc1ccc(Br)cc1Cl.O=Cc1c(F)cncc1Br. The van der Waals surface area contributed by atoms with Crippen LogP contribution >= 0.6 is 94.2 Å². The van der Waals surface area contributed by atoms with Crippen LogP contribution in [0.5, 0.6) is 0 Å². The minimum Gasteiger partial charge on any atom is -0.399 e. The van der Waals surface area contributed by atoms with Gasteiger partial charge in [-0.15, -0.1) is 0 Å². The van der Waals surface area contributed by atoms with Crippen molar-refractivity contribution in [3.63, 3.8) is 0 Å². The van der Waals surface area contributed by atoms with Gasteiger partial charge >= 0.3 is 7.12 Å². The van der Waals surface area contributed by atoms with Crippen molar-refractivity contribution < 1.29 is 41.6 Å². The number of aromatic nitrogens is 4. The summed E-state index contributed by atoms with van der Waals surface area (Å²) in [4.78, 5) is 35.5. The highest BCUT2D eigenvalue weighted by atomic mass is 79.9. The molecule has 1 fully saturated rings. The van der Waals surface area contributed by atoms with E-state index in [1.807, 2.05) is 58.0 Å². The lowest BCUT2D eigenvalue weighted by Gasteiger charge is -2.32. The fourth-order valence-electron chi connectivity index (χ4n) is 6.46. The lowest BCUT2D eigenvalue weighted by atomic mass is 9.79. The predicted octanol–water partition coefficient (Wildman–Crippen LogP) is 15.4. The summed E-state index contributed by atoms with van der Waals surface area (Å²) >= 11 is 32.8. The Balaban J connectivity index is 0.000000217. The van der Waals surface area contributed by atoms with Crippen molar-refractivity contribution in [2.45, 2.75) is 45.5 Å². The molecule has 1 N–H and O–H groups in total. The number of aliphatic hydroxyl groups is 1. The minimum absolute atomic E-state index is 0.00926. The molecule has 0 spiro atoms. The number of nitrogens with zero attached hydrogens (tertiary/aromatic N) is 8. The Morgan fingerprint density at radius 3 is 1.38 bits per heavy atom. The van der Waals surface area contributed by atoms with Crippen molar-refractivity contribution in [2.24, 2.45) is 0 Å². The number of aliphatic hydroxyl groups excluding tert-OH is 1. The van der Waals surface area contributed by atoms with Gasteiger partial charge < -0.3 is 14.4 Å². The summed E-state index contributed by atoms with van der Waals surface area (Å²) in [6.07, 6.45) is 10.8. The van der Waals surface area contributed by atoms with E-state index in [4.69, 9.17) is 76.8 Å². The van der Waals surface area contributed by atoms with E-state index in [0.717, 1.165) is 34.7 Å². The maximum atomic E-state index is 13.5. The summed E-state index contributed by atoms with van der Waals surface area (Å²) in [5.41, 5.74) is 3.73. The summed E-state index contributed by atoms with van der Waals surface area (Å²) in [6, 6.07) is 28.9. The van der Waals surface area contributed by atoms with Gasteiger partial charge in [-0.1, -0.05) is 80.5 Å². The van der Waals surface area contributed by atoms with Crippen molar-refractivity contribution in [2.75, 3.05) is 0 Å². The van der Waals surface area contributed by atoms with Gasteiger partial charge in [-0.05, 0) is 137 Å². The molecule has 0 bridgehead atoms. The van der Waals surface area contributed by atoms with Crippen LogP contribution in [0.3, 0.4) is 0 Å². The zero-order chi connectivity index (χ0) is 60.9. The molecule has 4 aromatic heterocycles. The Kier molecular flexibility index (Phi) is 26.4. The van der Waals surface area contributed by atoms with Gasteiger partial charge in [0.15, 0.2) is 24.2 Å². The summed E-state index contributed by atoms with van der Waals surface area (Å²) < 4.78 is 65.2. The van der Waals surface area contributed by atoms with Gasteiger partial charge in [-0.2, -0.15) is 21.0 Å². The quantitative estimate of drug-likeness (QED) is 0.0931. The van der Waals surface area contributed by atoms with Crippen molar-refractivity contribution >= 4 is 119 Å². The van der Waals surface area contributed by atoms with Crippen molar-refractivity contribution in [1.82, 2.24) is 19.9 Å². The molecule has 0 saturated carbocycles. The van der Waals surface area contributed by atoms with Crippen LogP contribution in [0.25, 0.3) is 22.3 Å². The Morgan fingerprint density at radius 2 is 0.963 bits per heavy atom. The Hall–Kier alpha value is -6.96. The molecule has 9 rings (SSSR count). The van der Waals surface area contributed by atoms with Gasteiger partial charge in [0.25, 0.3) is 0 Å². The van der Waals surface area contributed by atoms with E-state index in [0.29, 0.717) is 76.1 Å². The van der Waals surface area contributed by atoms with E-state index in [1.54, 1.807) is 54.6 Å². The van der Waals surface area contributed by atoms with Gasteiger partial charge in [0.05, 0.1) is 96.1 Å². The Bertz CT molecular complexity index is 3740. The third-order valence-corrected chi connectivity index (χ3v) is 14.2. The topological polar surface area (TPSA) is 220 Å². The number of hydrogen-bond acceptors (Lipinski definition) is 13. The molecule has 8 aromatic rings.